The van der Waals surface area contributed by atoms with Gasteiger partial charge < -0.3 is 5.73 Å². The number of hydrogen-bond donors (Lipinski definition) is 1. The average Bonchev–Trinajstić information content (AvgIpc) is 2.29. The number of rotatable bonds is 3. The van der Waals surface area contributed by atoms with Crippen molar-refractivity contribution in [2.75, 3.05) is 0 Å². The molecule has 0 amide bonds. The standard InChI is InChI=1S/C14H20ClNS/c1-10-3-2-4-13(7-10)17-14-8-12(15)6-5-11(14)9-16/h5-6,8,10,13H,2-4,7,9,16H2,1H3. The van der Waals surface area contributed by atoms with Crippen LogP contribution in [0.2, 0.25) is 5.02 Å². The van der Waals surface area contributed by atoms with Crippen molar-refractivity contribution in [3.8, 4) is 0 Å². The maximum atomic E-state index is 6.07. The monoisotopic (exact) mass is 269 g/mol. The lowest BCUT2D eigenvalue weighted by Crippen LogP contribution is -2.15. The summed E-state index contributed by atoms with van der Waals surface area (Å²) in [6.07, 6.45) is 5.39. The van der Waals surface area contributed by atoms with Crippen LogP contribution in [0.5, 0.6) is 0 Å². The average molecular weight is 270 g/mol. The lowest BCUT2D eigenvalue weighted by molar-refractivity contribution is 0.394. The van der Waals surface area contributed by atoms with Gasteiger partial charge in [0, 0.05) is 21.7 Å². The Bertz CT molecular complexity index is 380. The van der Waals surface area contributed by atoms with E-state index in [2.05, 4.69) is 19.1 Å². The highest BCUT2D eigenvalue weighted by Gasteiger charge is 2.20. The van der Waals surface area contributed by atoms with Crippen molar-refractivity contribution in [1.29, 1.82) is 0 Å². The van der Waals surface area contributed by atoms with Crippen LogP contribution in [0.4, 0.5) is 0 Å². The topological polar surface area (TPSA) is 26.0 Å². The second-order valence-electron chi connectivity index (χ2n) is 4.97. The molecule has 0 aliphatic heterocycles. The zero-order valence-electron chi connectivity index (χ0n) is 10.3. The molecule has 0 spiro atoms. The SMILES string of the molecule is CC1CCCC(Sc2cc(Cl)ccc2CN)C1. The van der Waals surface area contributed by atoms with E-state index in [9.17, 15) is 0 Å². The largest absolute Gasteiger partial charge is 0.326 e. The van der Waals surface area contributed by atoms with Crippen LogP contribution >= 0.6 is 23.4 Å². The number of hydrogen-bond acceptors (Lipinski definition) is 2. The van der Waals surface area contributed by atoms with Crippen molar-refractivity contribution in [1.82, 2.24) is 0 Å². The number of thioether (sulfide) groups is 1. The molecule has 2 atom stereocenters. The molecule has 0 aromatic heterocycles. The molecule has 0 heterocycles. The van der Waals surface area contributed by atoms with E-state index in [0.717, 1.165) is 16.2 Å². The second-order valence-corrected chi connectivity index (χ2v) is 6.75. The van der Waals surface area contributed by atoms with E-state index in [1.54, 1.807) is 0 Å². The number of nitrogens with two attached hydrogens (primary N) is 1. The summed E-state index contributed by atoms with van der Waals surface area (Å²) in [7, 11) is 0. The van der Waals surface area contributed by atoms with Crippen molar-refractivity contribution in [2.24, 2.45) is 11.7 Å². The van der Waals surface area contributed by atoms with E-state index in [4.69, 9.17) is 17.3 Å². The molecule has 0 saturated heterocycles. The first-order chi connectivity index (χ1) is 8.19. The van der Waals surface area contributed by atoms with Crippen LogP contribution in [0.15, 0.2) is 23.1 Å². The fourth-order valence-electron chi connectivity index (χ4n) is 2.47. The Morgan fingerprint density at radius 1 is 1.41 bits per heavy atom. The molecule has 3 heteroatoms. The summed E-state index contributed by atoms with van der Waals surface area (Å²) in [6, 6.07) is 6.04. The summed E-state index contributed by atoms with van der Waals surface area (Å²) in [6.45, 7) is 2.95. The third kappa shape index (κ3) is 3.64. The van der Waals surface area contributed by atoms with Gasteiger partial charge >= 0.3 is 0 Å². The number of benzene rings is 1. The van der Waals surface area contributed by atoms with E-state index >= 15 is 0 Å². The minimum Gasteiger partial charge on any atom is -0.326 e. The predicted molar refractivity (Wildman–Crippen MR) is 76.6 cm³/mol. The van der Waals surface area contributed by atoms with Crippen LogP contribution < -0.4 is 5.73 Å². The molecule has 1 fully saturated rings. The Labute approximate surface area is 113 Å². The highest BCUT2D eigenvalue weighted by atomic mass is 35.5. The van der Waals surface area contributed by atoms with Crippen LogP contribution in [-0.2, 0) is 6.54 Å². The van der Waals surface area contributed by atoms with Crippen LogP contribution in [0.1, 0.15) is 38.2 Å². The lowest BCUT2D eigenvalue weighted by atomic mass is 9.91. The van der Waals surface area contributed by atoms with Gasteiger partial charge in [0.2, 0.25) is 0 Å². The molecule has 1 aliphatic carbocycles. The molecule has 17 heavy (non-hydrogen) atoms. The van der Waals surface area contributed by atoms with Gasteiger partial charge in [0.1, 0.15) is 0 Å². The van der Waals surface area contributed by atoms with Crippen molar-refractivity contribution in [3.05, 3.63) is 28.8 Å². The summed E-state index contributed by atoms with van der Waals surface area (Å²) in [5.41, 5.74) is 7.00. The van der Waals surface area contributed by atoms with Gasteiger partial charge in [0.05, 0.1) is 0 Å². The first kappa shape index (κ1) is 13.3. The van der Waals surface area contributed by atoms with Gasteiger partial charge in [0.25, 0.3) is 0 Å². The van der Waals surface area contributed by atoms with Crippen molar-refractivity contribution in [2.45, 2.75) is 49.3 Å². The maximum absolute atomic E-state index is 6.07. The molecule has 0 bridgehead atoms. The maximum Gasteiger partial charge on any atom is 0.0417 e. The molecule has 1 aromatic carbocycles. The molecule has 0 radical (unpaired) electrons. The molecule has 2 N–H and O–H groups in total. The number of halogens is 1. The zero-order chi connectivity index (χ0) is 12.3. The molecule has 2 rings (SSSR count). The predicted octanol–water partition coefficient (Wildman–Crippen LogP) is 4.47. The van der Waals surface area contributed by atoms with Gasteiger partial charge in [-0.3, -0.25) is 0 Å². The van der Waals surface area contributed by atoms with Gasteiger partial charge in [-0.25, -0.2) is 0 Å². The quantitative estimate of drug-likeness (QED) is 0.876. The molecular weight excluding hydrogens is 250 g/mol. The highest BCUT2D eigenvalue weighted by Crippen LogP contribution is 2.38. The van der Waals surface area contributed by atoms with E-state index in [-0.39, 0.29) is 0 Å². The van der Waals surface area contributed by atoms with Crippen LogP contribution in [0, 0.1) is 5.92 Å². The first-order valence-corrected chi connectivity index (χ1v) is 7.60. The molecule has 1 saturated carbocycles. The highest BCUT2D eigenvalue weighted by molar-refractivity contribution is 8.00. The third-order valence-electron chi connectivity index (χ3n) is 3.43. The smallest absolute Gasteiger partial charge is 0.0417 e. The molecular formula is C14H20ClNS. The van der Waals surface area contributed by atoms with Gasteiger partial charge in [-0.2, -0.15) is 0 Å². The molecule has 94 valence electrons. The summed E-state index contributed by atoms with van der Waals surface area (Å²) in [5, 5.41) is 1.55. The van der Waals surface area contributed by atoms with E-state index in [1.165, 1.54) is 36.1 Å². The molecule has 1 aromatic rings. The molecule has 2 unspecified atom stereocenters. The van der Waals surface area contributed by atoms with E-state index < -0.39 is 0 Å². The summed E-state index contributed by atoms with van der Waals surface area (Å²) in [4.78, 5) is 1.28. The molecule has 1 aliphatic rings. The molecule has 1 nitrogen and oxygen atoms in total. The first-order valence-electron chi connectivity index (χ1n) is 6.34. The summed E-state index contributed by atoms with van der Waals surface area (Å²) >= 11 is 8.04. The van der Waals surface area contributed by atoms with Crippen LogP contribution in [0.3, 0.4) is 0 Å². The zero-order valence-corrected chi connectivity index (χ0v) is 11.9. The Morgan fingerprint density at radius 2 is 2.24 bits per heavy atom. The fraction of sp³-hybridized carbons (Fsp3) is 0.571. The van der Waals surface area contributed by atoms with Gasteiger partial charge in [-0.05, 0) is 36.5 Å². The fourth-order valence-corrected chi connectivity index (χ4v) is 4.27. The van der Waals surface area contributed by atoms with Gasteiger partial charge in [0.15, 0.2) is 0 Å². The minimum absolute atomic E-state index is 0.599. The van der Waals surface area contributed by atoms with Crippen molar-refractivity contribution in [3.63, 3.8) is 0 Å². The van der Waals surface area contributed by atoms with Gasteiger partial charge in [-0.1, -0.05) is 37.4 Å². The third-order valence-corrected chi connectivity index (χ3v) is 5.06. The van der Waals surface area contributed by atoms with Gasteiger partial charge in [-0.15, -0.1) is 11.8 Å². The van der Waals surface area contributed by atoms with Crippen molar-refractivity contribution < 1.29 is 0 Å². The normalized spacial score (nSPS) is 24.9. The van der Waals surface area contributed by atoms with Crippen molar-refractivity contribution >= 4 is 23.4 Å². The Kier molecular flexibility index (Phi) is 4.78. The lowest BCUT2D eigenvalue weighted by Gasteiger charge is -2.26. The van der Waals surface area contributed by atoms with Crippen LogP contribution in [0.25, 0.3) is 0 Å². The minimum atomic E-state index is 0.599. The summed E-state index contributed by atoms with van der Waals surface area (Å²) < 4.78 is 0. The van der Waals surface area contributed by atoms with E-state index in [0.29, 0.717) is 6.54 Å². The second kappa shape index (κ2) is 6.12. The Balaban J connectivity index is 2.08. The Hall–Kier alpha value is -0.180. The van der Waals surface area contributed by atoms with Crippen LogP contribution in [-0.4, -0.2) is 5.25 Å². The summed E-state index contributed by atoms with van der Waals surface area (Å²) in [5.74, 6) is 0.863. The Morgan fingerprint density at radius 3 is 2.94 bits per heavy atom. The van der Waals surface area contributed by atoms with E-state index in [1.807, 2.05) is 17.8 Å².